The van der Waals surface area contributed by atoms with E-state index in [1.54, 1.807) is 24.3 Å². The minimum atomic E-state index is -0.106. The fourth-order valence-corrected chi connectivity index (χ4v) is 2.60. The quantitative estimate of drug-likeness (QED) is 0.783. The van der Waals surface area contributed by atoms with Crippen molar-refractivity contribution in [3.8, 4) is 0 Å². The minimum Gasteiger partial charge on any atom is -0.335 e. The second-order valence-electron chi connectivity index (χ2n) is 5.81. The summed E-state index contributed by atoms with van der Waals surface area (Å²) >= 11 is 0. The normalized spacial score (nSPS) is 10.8. The van der Waals surface area contributed by atoms with Crippen LogP contribution in [0.15, 0.2) is 49.1 Å². The van der Waals surface area contributed by atoms with Crippen molar-refractivity contribution in [1.82, 2.24) is 19.4 Å². The van der Waals surface area contributed by atoms with Crippen LogP contribution in [0.4, 0.5) is 10.5 Å². The molecule has 0 spiro atoms. The van der Waals surface area contributed by atoms with E-state index in [0.29, 0.717) is 6.54 Å². The largest absolute Gasteiger partial charge is 0.335 e. The zero-order valence-corrected chi connectivity index (χ0v) is 13.9. The summed E-state index contributed by atoms with van der Waals surface area (Å²) in [7, 11) is 1.81. The summed E-state index contributed by atoms with van der Waals surface area (Å²) in [6.07, 6.45) is 8.19. The van der Waals surface area contributed by atoms with Gasteiger partial charge >= 0.3 is 6.03 Å². The summed E-state index contributed by atoms with van der Waals surface area (Å²) in [5.74, 6) is 0.993. The van der Waals surface area contributed by atoms with Gasteiger partial charge in [-0.05, 0) is 36.9 Å². The molecule has 124 valence electrons. The summed E-state index contributed by atoms with van der Waals surface area (Å²) < 4.78 is 2.09. The molecule has 1 N–H and O–H groups in total. The third-order valence-electron chi connectivity index (χ3n) is 4.05. The van der Waals surface area contributed by atoms with E-state index in [4.69, 9.17) is 0 Å². The number of hydrogen-bond donors (Lipinski definition) is 1. The Hall–Kier alpha value is -2.89. The fourth-order valence-electron chi connectivity index (χ4n) is 2.60. The highest BCUT2D eigenvalue weighted by Crippen LogP contribution is 2.18. The van der Waals surface area contributed by atoms with Gasteiger partial charge in [0.15, 0.2) is 0 Å². The summed E-state index contributed by atoms with van der Waals surface area (Å²) in [6, 6.07) is 7.63. The summed E-state index contributed by atoms with van der Waals surface area (Å²) in [5, 5.41) is 5.05. The van der Waals surface area contributed by atoms with Crippen molar-refractivity contribution in [2.45, 2.75) is 19.9 Å². The van der Waals surface area contributed by atoms with Gasteiger partial charge in [-0.3, -0.25) is 4.98 Å². The van der Waals surface area contributed by atoms with Crippen molar-refractivity contribution >= 4 is 22.5 Å². The maximum absolute atomic E-state index is 12.3. The highest BCUT2D eigenvalue weighted by atomic mass is 16.2. The van der Waals surface area contributed by atoms with Gasteiger partial charge in [0.05, 0.1) is 0 Å². The lowest BCUT2D eigenvalue weighted by atomic mass is 10.1. The molecule has 3 aromatic rings. The van der Waals surface area contributed by atoms with Crippen LogP contribution in [0.25, 0.3) is 10.8 Å². The highest BCUT2D eigenvalue weighted by Gasteiger charge is 2.09. The molecule has 2 aromatic heterocycles. The second kappa shape index (κ2) is 7.12. The van der Waals surface area contributed by atoms with Crippen LogP contribution in [0.3, 0.4) is 0 Å². The van der Waals surface area contributed by atoms with E-state index < -0.39 is 0 Å². The average molecular weight is 323 g/mol. The molecule has 0 radical (unpaired) electrons. The zero-order valence-electron chi connectivity index (χ0n) is 13.9. The zero-order chi connectivity index (χ0) is 16.9. The maximum atomic E-state index is 12.3. The van der Waals surface area contributed by atoms with Gasteiger partial charge in [-0.2, -0.15) is 0 Å². The summed E-state index contributed by atoms with van der Waals surface area (Å²) in [6.45, 7) is 3.51. The molecular weight excluding hydrogens is 302 g/mol. The van der Waals surface area contributed by atoms with E-state index in [-0.39, 0.29) is 6.03 Å². The van der Waals surface area contributed by atoms with Crippen LogP contribution in [-0.4, -0.2) is 39.1 Å². The first kappa shape index (κ1) is 16.0. The molecule has 1 aromatic carbocycles. The lowest BCUT2D eigenvalue weighted by Crippen LogP contribution is -2.32. The Labute approximate surface area is 141 Å². The molecule has 3 rings (SSSR count). The molecule has 0 saturated carbocycles. The van der Waals surface area contributed by atoms with Gasteiger partial charge in [0.2, 0.25) is 0 Å². The lowest BCUT2D eigenvalue weighted by molar-refractivity contribution is 0.221. The van der Waals surface area contributed by atoms with E-state index in [1.165, 1.54) is 0 Å². The maximum Gasteiger partial charge on any atom is 0.321 e. The van der Waals surface area contributed by atoms with Crippen molar-refractivity contribution in [2.75, 3.05) is 18.9 Å². The number of anilines is 1. The summed E-state index contributed by atoms with van der Waals surface area (Å²) in [5.41, 5.74) is 0.788. The Morgan fingerprint density at radius 1 is 1.25 bits per heavy atom. The van der Waals surface area contributed by atoms with Crippen molar-refractivity contribution in [3.63, 3.8) is 0 Å². The van der Waals surface area contributed by atoms with Crippen LogP contribution < -0.4 is 5.32 Å². The number of fused-ring (bicyclic) bond motifs is 1. The predicted octanol–water partition coefficient (Wildman–Crippen LogP) is 3.29. The molecule has 0 aliphatic rings. The van der Waals surface area contributed by atoms with Crippen molar-refractivity contribution < 1.29 is 4.79 Å². The standard InChI is InChI=1S/C18H21N5O/c1-14-20-8-11-23(14)10-3-9-22(2)18(24)21-17-5-4-16-13-19-7-6-15(16)12-17/h4-8,11-13H,3,9-10H2,1-2H3,(H,21,24). The van der Waals surface area contributed by atoms with Gasteiger partial charge in [-0.15, -0.1) is 0 Å². The van der Waals surface area contributed by atoms with Crippen LogP contribution in [0.2, 0.25) is 0 Å². The number of amides is 2. The number of rotatable bonds is 5. The predicted molar refractivity (Wildman–Crippen MR) is 95.0 cm³/mol. The number of benzene rings is 1. The van der Waals surface area contributed by atoms with E-state index in [9.17, 15) is 4.79 Å². The molecule has 2 heterocycles. The molecule has 0 unspecified atom stereocenters. The number of hydrogen-bond acceptors (Lipinski definition) is 3. The Morgan fingerprint density at radius 3 is 2.92 bits per heavy atom. The molecule has 0 aliphatic heterocycles. The Balaban J connectivity index is 1.54. The van der Waals surface area contributed by atoms with Gasteiger partial charge in [0.25, 0.3) is 0 Å². The number of imidazole rings is 1. The van der Waals surface area contributed by atoms with Crippen molar-refractivity contribution in [2.24, 2.45) is 0 Å². The minimum absolute atomic E-state index is 0.106. The van der Waals surface area contributed by atoms with Crippen molar-refractivity contribution in [1.29, 1.82) is 0 Å². The Bertz CT molecular complexity index is 842. The average Bonchev–Trinajstić information content (AvgIpc) is 2.99. The molecule has 6 heteroatoms. The number of urea groups is 1. The van der Waals surface area contributed by atoms with Crippen LogP contribution in [-0.2, 0) is 6.54 Å². The number of nitrogens with zero attached hydrogens (tertiary/aromatic N) is 4. The van der Waals surface area contributed by atoms with Crippen LogP contribution in [0.5, 0.6) is 0 Å². The highest BCUT2D eigenvalue weighted by molar-refractivity contribution is 5.93. The third kappa shape index (κ3) is 3.71. The van der Waals surface area contributed by atoms with Gasteiger partial charge < -0.3 is 14.8 Å². The second-order valence-corrected chi connectivity index (χ2v) is 5.81. The van der Waals surface area contributed by atoms with Gasteiger partial charge in [-0.25, -0.2) is 9.78 Å². The van der Waals surface area contributed by atoms with Gasteiger partial charge in [0, 0.05) is 56.0 Å². The molecule has 2 amide bonds. The number of carbonyl (C=O) groups is 1. The van der Waals surface area contributed by atoms with Crippen LogP contribution in [0.1, 0.15) is 12.2 Å². The molecule has 0 aliphatic carbocycles. The number of aryl methyl sites for hydroxylation is 2. The van der Waals surface area contributed by atoms with Crippen LogP contribution >= 0.6 is 0 Å². The van der Waals surface area contributed by atoms with Crippen molar-refractivity contribution in [3.05, 3.63) is 54.9 Å². The fraction of sp³-hybridized carbons (Fsp3) is 0.278. The van der Waals surface area contributed by atoms with E-state index in [0.717, 1.165) is 35.2 Å². The molecule has 0 atom stereocenters. The monoisotopic (exact) mass is 323 g/mol. The Kier molecular flexibility index (Phi) is 4.74. The molecule has 6 nitrogen and oxygen atoms in total. The van der Waals surface area contributed by atoms with E-state index in [2.05, 4.69) is 19.9 Å². The van der Waals surface area contributed by atoms with Gasteiger partial charge in [0.1, 0.15) is 5.82 Å². The van der Waals surface area contributed by atoms with E-state index >= 15 is 0 Å². The lowest BCUT2D eigenvalue weighted by Gasteiger charge is -2.18. The molecule has 0 bridgehead atoms. The first-order valence-electron chi connectivity index (χ1n) is 7.97. The molecule has 0 fully saturated rings. The van der Waals surface area contributed by atoms with Crippen LogP contribution in [0, 0.1) is 6.92 Å². The molecular formula is C18H21N5O. The smallest absolute Gasteiger partial charge is 0.321 e. The SMILES string of the molecule is Cc1nccn1CCCN(C)C(=O)Nc1ccc2cnccc2c1. The molecule has 0 saturated heterocycles. The van der Waals surface area contributed by atoms with Gasteiger partial charge in [-0.1, -0.05) is 6.07 Å². The number of carbonyl (C=O) groups excluding carboxylic acids is 1. The number of aromatic nitrogens is 3. The Morgan fingerprint density at radius 2 is 2.12 bits per heavy atom. The topological polar surface area (TPSA) is 63.1 Å². The summed E-state index contributed by atoms with van der Waals surface area (Å²) in [4.78, 5) is 22.3. The third-order valence-corrected chi connectivity index (χ3v) is 4.05. The molecule has 24 heavy (non-hydrogen) atoms. The first-order chi connectivity index (χ1) is 11.6. The number of nitrogens with one attached hydrogen (secondary N) is 1. The van der Waals surface area contributed by atoms with E-state index in [1.807, 2.05) is 43.6 Å². The first-order valence-corrected chi connectivity index (χ1v) is 7.97. The number of pyridine rings is 1.